The average Bonchev–Trinajstić information content (AvgIpc) is 2.68. The first kappa shape index (κ1) is 13.6. The smallest absolute Gasteiger partial charge is 0.0534 e. The number of aryl methyl sites for hydroxylation is 1. The van der Waals surface area contributed by atoms with E-state index in [2.05, 4.69) is 30.5 Å². The first-order chi connectivity index (χ1) is 8.79. The van der Waals surface area contributed by atoms with Gasteiger partial charge in [0, 0.05) is 30.9 Å². The summed E-state index contributed by atoms with van der Waals surface area (Å²) in [7, 11) is 0. The Morgan fingerprint density at radius 3 is 2.67 bits per heavy atom. The maximum atomic E-state index is 4.32. The van der Waals surface area contributed by atoms with E-state index < -0.39 is 0 Å². The van der Waals surface area contributed by atoms with E-state index in [4.69, 9.17) is 0 Å². The first-order valence-corrected chi connectivity index (χ1v) is 7.54. The third-order valence-corrected chi connectivity index (χ3v) is 4.25. The van der Waals surface area contributed by atoms with Crippen LogP contribution in [0.3, 0.4) is 0 Å². The maximum Gasteiger partial charge on any atom is 0.0534 e. The summed E-state index contributed by atoms with van der Waals surface area (Å²) in [5.41, 5.74) is 1.30. The number of hydrogen-bond donors (Lipinski definition) is 1. The van der Waals surface area contributed by atoms with E-state index in [1.165, 1.54) is 44.1 Å². The van der Waals surface area contributed by atoms with Crippen molar-refractivity contribution in [2.75, 3.05) is 0 Å². The van der Waals surface area contributed by atoms with Crippen LogP contribution < -0.4 is 5.32 Å². The molecule has 1 aliphatic carbocycles. The summed E-state index contributed by atoms with van der Waals surface area (Å²) in [5.74, 6) is 0.869. The minimum atomic E-state index is 0.632. The van der Waals surface area contributed by atoms with E-state index in [0.717, 1.165) is 19.0 Å². The van der Waals surface area contributed by atoms with Crippen molar-refractivity contribution in [3.8, 4) is 0 Å². The van der Waals surface area contributed by atoms with Gasteiger partial charge < -0.3 is 5.32 Å². The molecule has 1 atom stereocenters. The summed E-state index contributed by atoms with van der Waals surface area (Å²) in [4.78, 5) is 0. The summed E-state index contributed by atoms with van der Waals surface area (Å²) < 4.78 is 1.99. The van der Waals surface area contributed by atoms with Crippen LogP contribution in [0.2, 0.25) is 0 Å². The van der Waals surface area contributed by atoms with Gasteiger partial charge in [-0.1, -0.05) is 25.7 Å². The zero-order valence-corrected chi connectivity index (χ0v) is 11.9. The molecule has 0 saturated heterocycles. The fraction of sp³-hybridized carbons (Fsp3) is 0.800. The fourth-order valence-electron chi connectivity index (χ4n) is 2.93. The van der Waals surface area contributed by atoms with Crippen molar-refractivity contribution in [1.82, 2.24) is 15.1 Å². The molecule has 1 heterocycles. The second kappa shape index (κ2) is 6.93. The zero-order valence-electron chi connectivity index (χ0n) is 11.9. The Hall–Kier alpha value is -0.830. The maximum absolute atomic E-state index is 4.32. The van der Waals surface area contributed by atoms with Gasteiger partial charge in [0.25, 0.3) is 0 Å². The van der Waals surface area contributed by atoms with Gasteiger partial charge in [0.1, 0.15) is 0 Å². The minimum Gasteiger partial charge on any atom is -0.310 e. The highest BCUT2D eigenvalue weighted by molar-refractivity contribution is 5.03. The standard InChI is InChI=1S/C15H27N3/c1-3-18-12-14(11-17-18)10-16-13(2)15-8-6-4-5-7-9-15/h11-13,15-16H,3-10H2,1-2H3/t13-/m0/s1. The van der Waals surface area contributed by atoms with E-state index in [-0.39, 0.29) is 0 Å². The third-order valence-electron chi connectivity index (χ3n) is 4.25. The molecule has 1 saturated carbocycles. The Kier molecular flexibility index (Phi) is 5.24. The molecule has 0 bridgehead atoms. The van der Waals surface area contributed by atoms with Crippen LogP contribution in [0.1, 0.15) is 57.9 Å². The third kappa shape index (κ3) is 3.84. The lowest BCUT2D eigenvalue weighted by Crippen LogP contribution is -2.32. The van der Waals surface area contributed by atoms with Gasteiger partial charge in [0.05, 0.1) is 6.20 Å². The van der Waals surface area contributed by atoms with E-state index in [1.807, 2.05) is 10.9 Å². The molecule has 0 unspecified atom stereocenters. The number of rotatable bonds is 5. The second-order valence-electron chi connectivity index (χ2n) is 5.63. The molecule has 1 N–H and O–H groups in total. The van der Waals surface area contributed by atoms with Crippen LogP contribution in [0, 0.1) is 5.92 Å². The lowest BCUT2D eigenvalue weighted by molar-refractivity contribution is 0.336. The molecule has 18 heavy (non-hydrogen) atoms. The summed E-state index contributed by atoms with van der Waals surface area (Å²) >= 11 is 0. The summed E-state index contributed by atoms with van der Waals surface area (Å²) in [6, 6.07) is 0.632. The highest BCUT2D eigenvalue weighted by Gasteiger charge is 2.18. The molecule has 0 aliphatic heterocycles. The highest BCUT2D eigenvalue weighted by Crippen LogP contribution is 2.25. The molecule has 3 nitrogen and oxygen atoms in total. The molecule has 0 amide bonds. The molecule has 102 valence electrons. The normalized spacial score (nSPS) is 19.7. The number of aromatic nitrogens is 2. The van der Waals surface area contributed by atoms with Crippen molar-refractivity contribution >= 4 is 0 Å². The molecule has 1 fully saturated rings. The van der Waals surface area contributed by atoms with Gasteiger partial charge in [0.15, 0.2) is 0 Å². The van der Waals surface area contributed by atoms with E-state index in [0.29, 0.717) is 6.04 Å². The summed E-state index contributed by atoms with van der Waals surface area (Å²) in [6.45, 7) is 6.38. The van der Waals surface area contributed by atoms with Crippen LogP contribution >= 0.6 is 0 Å². The highest BCUT2D eigenvalue weighted by atomic mass is 15.3. The summed E-state index contributed by atoms with van der Waals surface area (Å²) in [6.07, 6.45) is 12.7. The van der Waals surface area contributed by atoms with Gasteiger partial charge in [-0.3, -0.25) is 4.68 Å². The van der Waals surface area contributed by atoms with Crippen molar-refractivity contribution in [2.45, 2.75) is 71.5 Å². The summed E-state index contributed by atoms with van der Waals surface area (Å²) in [5, 5.41) is 8.00. The van der Waals surface area contributed by atoms with Crippen molar-refractivity contribution in [1.29, 1.82) is 0 Å². The van der Waals surface area contributed by atoms with Crippen molar-refractivity contribution < 1.29 is 0 Å². The van der Waals surface area contributed by atoms with E-state index in [1.54, 1.807) is 0 Å². The molecular weight excluding hydrogens is 222 g/mol. The van der Waals surface area contributed by atoms with E-state index >= 15 is 0 Å². The minimum absolute atomic E-state index is 0.632. The van der Waals surface area contributed by atoms with Crippen LogP contribution in [0.15, 0.2) is 12.4 Å². The SMILES string of the molecule is CCn1cc(CN[C@@H](C)C2CCCCCC2)cn1. The van der Waals surface area contributed by atoms with Crippen molar-refractivity contribution in [3.05, 3.63) is 18.0 Å². The predicted octanol–water partition coefficient (Wildman–Crippen LogP) is 3.35. The second-order valence-corrected chi connectivity index (χ2v) is 5.63. The van der Waals surface area contributed by atoms with Crippen LogP contribution in [0.4, 0.5) is 0 Å². The molecule has 0 radical (unpaired) electrons. The molecule has 1 aromatic rings. The largest absolute Gasteiger partial charge is 0.310 e. The lowest BCUT2D eigenvalue weighted by Gasteiger charge is -2.23. The number of nitrogens with one attached hydrogen (secondary N) is 1. The lowest BCUT2D eigenvalue weighted by atomic mass is 9.93. The average molecular weight is 249 g/mol. The van der Waals surface area contributed by atoms with E-state index in [9.17, 15) is 0 Å². The molecule has 1 aliphatic rings. The van der Waals surface area contributed by atoms with Crippen LogP contribution in [0.25, 0.3) is 0 Å². The molecule has 1 aromatic heterocycles. The Balaban J connectivity index is 1.77. The Bertz CT molecular complexity index is 337. The van der Waals surface area contributed by atoms with Gasteiger partial charge >= 0.3 is 0 Å². The molecule has 0 aromatic carbocycles. The van der Waals surface area contributed by atoms with Crippen LogP contribution in [0.5, 0.6) is 0 Å². The molecular formula is C15H27N3. The van der Waals surface area contributed by atoms with Gasteiger partial charge in [-0.2, -0.15) is 5.10 Å². The molecule has 0 spiro atoms. The van der Waals surface area contributed by atoms with Crippen molar-refractivity contribution in [3.63, 3.8) is 0 Å². The number of hydrogen-bond acceptors (Lipinski definition) is 2. The topological polar surface area (TPSA) is 29.9 Å². The number of nitrogens with zero attached hydrogens (tertiary/aromatic N) is 2. The molecule has 2 rings (SSSR count). The van der Waals surface area contributed by atoms with Gasteiger partial charge in [0.2, 0.25) is 0 Å². The zero-order chi connectivity index (χ0) is 12.8. The fourth-order valence-corrected chi connectivity index (χ4v) is 2.93. The Morgan fingerprint density at radius 2 is 2.06 bits per heavy atom. The first-order valence-electron chi connectivity index (χ1n) is 7.54. The quantitative estimate of drug-likeness (QED) is 0.811. The monoisotopic (exact) mass is 249 g/mol. The van der Waals surface area contributed by atoms with Gasteiger partial charge in [-0.15, -0.1) is 0 Å². The van der Waals surface area contributed by atoms with Crippen LogP contribution in [-0.4, -0.2) is 15.8 Å². The van der Waals surface area contributed by atoms with Gasteiger partial charge in [-0.05, 0) is 32.6 Å². The molecule has 3 heteroatoms. The Labute approximate surface area is 111 Å². The van der Waals surface area contributed by atoms with Crippen LogP contribution in [-0.2, 0) is 13.1 Å². The van der Waals surface area contributed by atoms with Crippen molar-refractivity contribution in [2.24, 2.45) is 5.92 Å². The Morgan fingerprint density at radius 1 is 1.33 bits per heavy atom. The van der Waals surface area contributed by atoms with Gasteiger partial charge in [-0.25, -0.2) is 0 Å². The predicted molar refractivity (Wildman–Crippen MR) is 75.4 cm³/mol.